The van der Waals surface area contributed by atoms with Gasteiger partial charge in [0.2, 0.25) is 0 Å². The largest absolute Gasteiger partial charge is 0.462 e. The lowest BCUT2D eigenvalue weighted by Gasteiger charge is -2.08. The first-order valence-corrected chi connectivity index (χ1v) is 8.01. The molecule has 7 heteroatoms. The van der Waals surface area contributed by atoms with Crippen LogP contribution in [0.5, 0.6) is 0 Å². The molecule has 1 heterocycles. The normalized spacial score (nSPS) is 13.0. The molecule has 0 spiro atoms. The molecule has 0 radical (unpaired) electrons. The van der Waals surface area contributed by atoms with Crippen molar-refractivity contribution in [2.45, 2.75) is 18.9 Å². The summed E-state index contributed by atoms with van der Waals surface area (Å²) in [5.74, 6) is -0.478. The molecule has 0 saturated heterocycles. The number of sulfone groups is 1. The highest BCUT2D eigenvalue weighted by Gasteiger charge is 2.20. The zero-order chi connectivity index (χ0) is 14.5. The molecule has 1 atom stereocenters. The summed E-state index contributed by atoms with van der Waals surface area (Å²) in [6.45, 7) is 3.70. The lowest BCUT2D eigenvalue weighted by Crippen LogP contribution is -2.16. The Morgan fingerprint density at radius 1 is 1.47 bits per heavy atom. The van der Waals surface area contributed by atoms with Crippen LogP contribution in [0.4, 0.5) is 0 Å². The molecule has 0 fully saturated rings. The van der Waals surface area contributed by atoms with E-state index in [-0.39, 0.29) is 34.7 Å². The Labute approximate surface area is 117 Å². The van der Waals surface area contributed by atoms with Gasteiger partial charge >= 0.3 is 5.97 Å². The van der Waals surface area contributed by atoms with E-state index in [1.165, 1.54) is 18.3 Å². The van der Waals surface area contributed by atoms with Gasteiger partial charge in [0.1, 0.15) is 0 Å². The third-order valence-corrected chi connectivity index (χ3v) is 4.75. The Hall–Kier alpha value is -1.14. The second-order valence-corrected chi connectivity index (χ2v) is 6.44. The summed E-state index contributed by atoms with van der Waals surface area (Å²) in [6, 6.07) is 2.70. The number of carbonyl (C=O) groups excluding carboxylic acids is 1. The summed E-state index contributed by atoms with van der Waals surface area (Å²) < 4.78 is 28.7. The van der Waals surface area contributed by atoms with Crippen molar-refractivity contribution in [1.29, 1.82) is 0 Å². The average Bonchev–Trinajstić information content (AvgIpc) is 2.38. The topological polar surface area (TPSA) is 73.3 Å². The number of carbonyl (C=O) groups is 1. The smallest absolute Gasteiger partial charge is 0.339 e. The van der Waals surface area contributed by atoms with Crippen molar-refractivity contribution in [2.75, 3.05) is 18.2 Å². The molecule has 1 rings (SSSR count). The molecule has 0 amide bonds. The van der Waals surface area contributed by atoms with Gasteiger partial charge in [-0.3, -0.25) is 0 Å². The molecule has 0 aromatic carbocycles. The molecule has 1 unspecified atom stereocenters. The van der Waals surface area contributed by atoms with Crippen molar-refractivity contribution >= 4 is 27.4 Å². The molecule has 5 nitrogen and oxygen atoms in total. The summed E-state index contributed by atoms with van der Waals surface area (Å²) in [5, 5.41) is -0.0579. The van der Waals surface area contributed by atoms with Gasteiger partial charge in [0, 0.05) is 12.1 Å². The van der Waals surface area contributed by atoms with Gasteiger partial charge in [-0.1, -0.05) is 6.92 Å². The Bertz CT molecular complexity index is 527. The van der Waals surface area contributed by atoms with Gasteiger partial charge in [0.25, 0.3) is 0 Å². The maximum Gasteiger partial charge on any atom is 0.339 e. The molecule has 0 bridgehead atoms. The van der Waals surface area contributed by atoms with Crippen LogP contribution in [-0.4, -0.2) is 37.6 Å². The minimum atomic E-state index is -3.47. The fraction of sp³-hybridized carbons (Fsp3) is 0.500. The number of nitrogens with zero attached hydrogens (tertiary/aromatic N) is 1. The van der Waals surface area contributed by atoms with Crippen LogP contribution in [-0.2, 0) is 14.6 Å². The Kier molecular flexibility index (Phi) is 5.75. The second kappa shape index (κ2) is 6.86. The average molecular weight is 306 g/mol. The second-order valence-electron chi connectivity index (χ2n) is 4.15. The van der Waals surface area contributed by atoms with E-state index in [2.05, 4.69) is 4.98 Å². The molecule has 1 aromatic rings. The van der Waals surface area contributed by atoms with E-state index >= 15 is 0 Å². The lowest BCUT2D eigenvalue weighted by atomic mass is 10.3. The molecule has 0 aliphatic rings. The number of rotatable bonds is 6. The van der Waals surface area contributed by atoms with E-state index < -0.39 is 15.8 Å². The number of ether oxygens (including phenoxy) is 1. The summed E-state index contributed by atoms with van der Waals surface area (Å²) >= 11 is 5.60. The minimum Gasteiger partial charge on any atom is -0.462 e. The van der Waals surface area contributed by atoms with Gasteiger partial charge in [-0.25, -0.2) is 18.2 Å². The molecule has 0 aliphatic carbocycles. The van der Waals surface area contributed by atoms with Gasteiger partial charge in [-0.05, 0) is 25.0 Å². The Morgan fingerprint density at radius 2 is 2.16 bits per heavy atom. The maximum atomic E-state index is 12.0. The van der Waals surface area contributed by atoms with Crippen molar-refractivity contribution in [1.82, 2.24) is 4.98 Å². The maximum absolute atomic E-state index is 12.0. The number of hydrogen-bond acceptors (Lipinski definition) is 5. The first-order valence-electron chi connectivity index (χ1n) is 5.82. The van der Waals surface area contributed by atoms with E-state index in [4.69, 9.17) is 16.3 Å². The predicted octanol–water partition coefficient (Wildman–Crippen LogP) is 1.91. The fourth-order valence-electron chi connectivity index (χ4n) is 1.40. The van der Waals surface area contributed by atoms with Gasteiger partial charge in [-0.15, -0.1) is 11.6 Å². The van der Waals surface area contributed by atoms with Crippen molar-refractivity contribution in [3.05, 3.63) is 23.9 Å². The highest BCUT2D eigenvalue weighted by atomic mass is 35.5. The van der Waals surface area contributed by atoms with Crippen molar-refractivity contribution in [3.8, 4) is 0 Å². The number of halogens is 1. The van der Waals surface area contributed by atoms with Crippen molar-refractivity contribution in [3.63, 3.8) is 0 Å². The third kappa shape index (κ3) is 4.47. The van der Waals surface area contributed by atoms with Crippen LogP contribution >= 0.6 is 11.6 Å². The molecule has 1 aromatic heterocycles. The van der Waals surface area contributed by atoms with Gasteiger partial charge in [0.15, 0.2) is 14.9 Å². The number of esters is 1. The molecule has 0 N–H and O–H groups in total. The van der Waals surface area contributed by atoms with Gasteiger partial charge in [-0.2, -0.15) is 0 Å². The summed E-state index contributed by atoms with van der Waals surface area (Å²) in [6.07, 6.45) is 1.20. The molecule has 19 heavy (non-hydrogen) atoms. The SMILES string of the molecule is CCOC(=O)c1ccc(S(=O)(=O)CC(C)CCl)nc1. The van der Waals surface area contributed by atoms with Crippen molar-refractivity contribution < 1.29 is 17.9 Å². The zero-order valence-corrected chi connectivity index (χ0v) is 12.4. The monoisotopic (exact) mass is 305 g/mol. The third-order valence-electron chi connectivity index (χ3n) is 2.33. The molecule has 0 aliphatic heterocycles. The number of aromatic nitrogens is 1. The molecule has 0 saturated carbocycles. The minimum absolute atomic E-state index is 0.0579. The first-order chi connectivity index (χ1) is 8.90. The number of hydrogen-bond donors (Lipinski definition) is 0. The Balaban J connectivity index is 2.89. The lowest BCUT2D eigenvalue weighted by molar-refractivity contribution is 0.0525. The van der Waals surface area contributed by atoms with Crippen LogP contribution in [0.25, 0.3) is 0 Å². The molecular weight excluding hydrogens is 290 g/mol. The van der Waals surface area contributed by atoms with Crippen molar-refractivity contribution in [2.24, 2.45) is 5.92 Å². The van der Waals surface area contributed by atoms with Crippen LogP contribution in [0.15, 0.2) is 23.4 Å². The predicted molar refractivity (Wildman–Crippen MR) is 72.1 cm³/mol. The van der Waals surface area contributed by atoms with Gasteiger partial charge in [0.05, 0.1) is 17.9 Å². The van der Waals surface area contributed by atoms with Crippen LogP contribution in [0.2, 0.25) is 0 Å². The zero-order valence-electron chi connectivity index (χ0n) is 10.8. The summed E-state index contributed by atoms with van der Waals surface area (Å²) in [4.78, 5) is 15.2. The Morgan fingerprint density at radius 3 is 2.63 bits per heavy atom. The molecular formula is C12H16ClNO4S. The van der Waals surface area contributed by atoms with E-state index in [0.717, 1.165) is 0 Å². The summed E-state index contributed by atoms with van der Waals surface area (Å²) in [5.41, 5.74) is 0.228. The number of pyridine rings is 1. The highest BCUT2D eigenvalue weighted by molar-refractivity contribution is 7.91. The quantitative estimate of drug-likeness (QED) is 0.593. The van der Waals surface area contributed by atoms with Gasteiger partial charge < -0.3 is 4.74 Å². The summed E-state index contributed by atoms with van der Waals surface area (Å²) in [7, 11) is -3.47. The van der Waals surface area contributed by atoms with Crippen LogP contribution in [0, 0.1) is 5.92 Å². The standard InChI is InChI=1S/C12H16ClNO4S/c1-3-18-12(15)10-4-5-11(14-7-10)19(16,17)8-9(2)6-13/h4-5,7,9H,3,6,8H2,1-2H3. The van der Waals surface area contributed by atoms with E-state index in [1.54, 1.807) is 13.8 Å². The number of alkyl halides is 1. The van der Waals surface area contributed by atoms with E-state index in [1.807, 2.05) is 0 Å². The molecule has 106 valence electrons. The van der Waals surface area contributed by atoms with E-state index in [0.29, 0.717) is 0 Å². The van der Waals surface area contributed by atoms with Crippen LogP contribution in [0.1, 0.15) is 24.2 Å². The van der Waals surface area contributed by atoms with E-state index in [9.17, 15) is 13.2 Å². The first kappa shape index (κ1) is 15.9. The highest BCUT2D eigenvalue weighted by Crippen LogP contribution is 2.13. The van der Waals surface area contributed by atoms with Crippen LogP contribution < -0.4 is 0 Å². The fourth-order valence-corrected chi connectivity index (χ4v) is 3.17. The van der Waals surface area contributed by atoms with Crippen LogP contribution in [0.3, 0.4) is 0 Å².